The number of carbonyl (C=O) groups excluding carboxylic acids is 3. The summed E-state index contributed by atoms with van der Waals surface area (Å²) in [5.74, 6) is -1.25. The van der Waals surface area contributed by atoms with E-state index in [-0.39, 0.29) is 24.6 Å². The molecule has 0 aliphatic carbocycles. The average Bonchev–Trinajstić information content (AvgIpc) is 2.77. The number of hydrazine groups is 1. The monoisotopic (exact) mass is 476 g/mol. The molecule has 0 radical (unpaired) electrons. The normalized spacial score (nSPS) is 13.7. The zero-order valence-corrected chi connectivity index (χ0v) is 17.8. The third-order valence-electron chi connectivity index (χ3n) is 4.81. The summed E-state index contributed by atoms with van der Waals surface area (Å²) in [6.07, 6.45) is 0.0498. The lowest BCUT2D eigenvalue weighted by atomic mass is 10.2. The molecule has 0 spiro atoms. The Morgan fingerprint density at radius 3 is 2.13 bits per heavy atom. The second-order valence-corrected chi connectivity index (χ2v) is 7.77. The number of benzene rings is 2. The molecule has 2 N–H and O–H groups in total. The van der Waals surface area contributed by atoms with Crippen LogP contribution < -0.4 is 15.8 Å². The Labute approximate surface area is 182 Å². The van der Waals surface area contributed by atoms with Crippen LogP contribution in [0, 0.1) is 5.82 Å². The summed E-state index contributed by atoms with van der Waals surface area (Å²) in [7, 11) is 0. The fourth-order valence-electron chi connectivity index (χ4n) is 3.11. The minimum absolute atomic E-state index is 0.0162. The number of amides is 3. The predicted molar refractivity (Wildman–Crippen MR) is 114 cm³/mol. The van der Waals surface area contributed by atoms with Crippen LogP contribution >= 0.6 is 15.9 Å². The first-order valence-corrected chi connectivity index (χ1v) is 10.3. The predicted octanol–water partition coefficient (Wildman–Crippen LogP) is 2.48. The van der Waals surface area contributed by atoms with Crippen molar-refractivity contribution in [2.75, 3.05) is 31.1 Å². The summed E-state index contributed by atoms with van der Waals surface area (Å²) in [6.45, 7) is 2.37. The van der Waals surface area contributed by atoms with Gasteiger partial charge in [-0.3, -0.25) is 25.2 Å². The van der Waals surface area contributed by atoms with Crippen molar-refractivity contribution >= 4 is 39.3 Å². The molecule has 1 saturated heterocycles. The van der Waals surface area contributed by atoms with Crippen LogP contribution in [-0.4, -0.2) is 48.8 Å². The molecule has 0 unspecified atom stereocenters. The lowest BCUT2D eigenvalue weighted by molar-refractivity contribution is -0.134. The molecule has 0 bridgehead atoms. The number of anilines is 1. The highest BCUT2D eigenvalue weighted by Gasteiger charge is 2.21. The number of hydrogen-bond acceptors (Lipinski definition) is 4. The molecule has 0 saturated carbocycles. The number of carbonyl (C=O) groups is 3. The number of rotatable bonds is 5. The van der Waals surface area contributed by atoms with Crippen LogP contribution in [-0.2, 0) is 9.59 Å². The smallest absolute Gasteiger partial charge is 0.269 e. The standard InChI is InChI=1S/C21H22BrFN4O3/c22-16-3-1-15(2-4-16)21(30)25-24-19(28)9-10-20(29)27-13-11-26(12-14-27)18-7-5-17(23)6-8-18/h1-8H,9-14H2,(H,24,28)(H,25,30). The van der Waals surface area contributed by atoms with Crippen molar-refractivity contribution in [3.8, 4) is 0 Å². The molecule has 158 valence electrons. The number of nitrogens with zero attached hydrogens (tertiary/aromatic N) is 2. The summed E-state index contributed by atoms with van der Waals surface area (Å²) in [6, 6.07) is 13.0. The summed E-state index contributed by atoms with van der Waals surface area (Å²) in [5, 5.41) is 0. The van der Waals surface area contributed by atoms with Crippen LogP contribution in [0.25, 0.3) is 0 Å². The highest BCUT2D eigenvalue weighted by molar-refractivity contribution is 9.10. The van der Waals surface area contributed by atoms with Crippen LogP contribution in [0.5, 0.6) is 0 Å². The van der Waals surface area contributed by atoms with E-state index < -0.39 is 11.8 Å². The Morgan fingerprint density at radius 2 is 1.50 bits per heavy atom. The van der Waals surface area contributed by atoms with E-state index in [0.29, 0.717) is 31.7 Å². The highest BCUT2D eigenvalue weighted by Crippen LogP contribution is 2.17. The molecule has 1 fully saturated rings. The van der Waals surface area contributed by atoms with Crippen molar-refractivity contribution in [1.29, 1.82) is 0 Å². The van der Waals surface area contributed by atoms with E-state index in [9.17, 15) is 18.8 Å². The maximum Gasteiger partial charge on any atom is 0.269 e. The van der Waals surface area contributed by atoms with Gasteiger partial charge in [-0.05, 0) is 48.5 Å². The molecule has 3 rings (SSSR count). The minimum Gasteiger partial charge on any atom is -0.368 e. The van der Waals surface area contributed by atoms with Gasteiger partial charge in [0.05, 0.1) is 0 Å². The molecule has 0 atom stereocenters. The molecule has 2 aromatic carbocycles. The van der Waals surface area contributed by atoms with Gasteiger partial charge in [-0.15, -0.1) is 0 Å². The third kappa shape index (κ3) is 6.03. The van der Waals surface area contributed by atoms with Crippen LogP contribution in [0.1, 0.15) is 23.2 Å². The highest BCUT2D eigenvalue weighted by atomic mass is 79.9. The van der Waals surface area contributed by atoms with E-state index in [0.717, 1.165) is 10.2 Å². The molecule has 1 aliphatic heterocycles. The summed E-state index contributed by atoms with van der Waals surface area (Å²) in [5.41, 5.74) is 6.00. The first kappa shape index (κ1) is 21.8. The van der Waals surface area contributed by atoms with E-state index in [2.05, 4.69) is 31.7 Å². The van der Waals surface area contributed by atoms with Crippen molar-refractivity contribution in [1.82, 2.24) is 15.8 Å². The van der Waals surface area contributed by atoms with Crippen molar-refractivity contribution in [2.45, 2.75) is 12.8 Å². The summed E-state index contributed by atoms with van der Waals surface area (Å²) >= 11 is 3.29. The quantitative estimate of drug-likeness (QED) is 0.649. The first-order valence-electron chi connectivity index (χ1n) is 9.55. The molecule has 7 nitrogen and oxygen atoms in total. The van der Waals surface area contributed by atoms with E-state index in [1.165, 1.54) is 12.1 Å². The molecular formula is C21H22BrFN4O3. The van der Waals surface area contributed by atoms with Crippen LogP contribution in [0.2, 0.25) is 0 Å². The van der Waals surface area contributed by atoms with Gasteiger partial charge in [0.25, 0.3) is 5.91 Å². The van der Waals surface area contributed by atoms with Gasteiger partial charge >= 0.3 is 0 Å². The van der Waals surface area contributed by atoms with Gasteiger partial charge in [0.2, 0.25) is 11.8 Å². The van der Waals surface area contributed by atoms with Gasteiger partial charge in [-0.1, -0.05) is 15.9 Å². The Kier molecular flexibility index (Phi) is 7.40. The van der Waals surface area contributed by atoms with Crippen LogP contribution in [0.15, 0.2) is 53.0 Å². The van der Waals surface area contributed by atoms with Gasteiger partial charge < -0.3 is 9.80 Å². The second kappa shape index (κ2) is 10.2. The summed E-state index contributed by atoms with van der Waals surface area (Å²) < 4.78 is 13.9. The number of nitrogens with one attached hydrogen (secondary N) is 2. The lowest BCUT2D eigenvalue weighted by Crippen LogP contribution is -2.49. The molecular weight excluding hydrogens is 455 g/mol. The lowest BCUT2D eigenvalue weighted by Gasteiger charge is -2.36. The fraction of sp³-hybridized carbons (Fsp3) is 0.286. The van der Waals surface area contributed by atoms with E-state index in [1.807, 2.05) is 0 Å². The molecule has 9 heteroatoms. The van der Waals surface area contributed by atoms with Gasteiger partial charge in [0.1, 0.15) is 5.82 Å². The maximum absolute atomic E-state index is 13.0. The average molecular weight is 477 g/mol. The Balaban J connectivity index is 1.37. The van der Waals surface area contributed by atoms with Crippen LogP contribution in [0.3, 0.4) is 0 Å². The molecule has 3 amide bonds. The zero-order valence-electron chi connectivity index (χ0n) is 16.2. The third-order valence-corrected chi connectivity index (χ3v) is 5.34. The van der Waals surface area contributed by atoms with Gasteiger partial charge in [-0.2, -0.15) is 0 Å². The van der Waals surface area contributed by atoms with E-state index in [1.54, 1.807) is 41.3 Å². The summed E-state index contributed by atoms with van der Waals surface area (Å²) in [4.78, 5) is 40.1. The Bertz CT molecular complexity index is 897. The van der Waals surface area contributed by atoms with Crippen LogP contribution in [0.4, 0.5) is 10.1 Å². The van der Waals surface area contributed by atoms with Crippen molar-refractivity contribution in [3.05, 3.63) is 64.4 Å². The maximum atomic E-state index is 13.0. The Hall–Kier alpha value is -2.94. The van der Waals surface area contributed by atoms with E-state index >= 15 is 0 Å². The first-order chi connectivity index (χ1) is 14.4. The minimum atomic E-state index is -0.432. The number of hydrogen-bond donors (Lipinski definition) is 2. The van der Waals surface area contributed by atoms with Crippen molar-refractivity contribution in [3.63, 3.8) is 0 Å². The largest absolute Gasteiger partial charge is 0.368 e. The Morgan fingerprint density at radius 1 is 0.867 bits per heavy atom. The molecule has 1 heterocycles. The molecule has 0 aromatic heterocycles. The van der Waals surface area contributed by atoms with Crippen molar-refractivity contribution < 1.29 is 18.8 Å². The topological polar surface area (TPSA) is 81.8 Å². The molecule has 2 aromatic rings. The SMILES string of the molecule is O=C(CCC(=O)N1CCN(c2ccc(F)cc2)CC1)NNC(=O)c1ccc(Br)cc1. The van der Waals surface area contributed by atoms with Crippen molar-refractivity contribution in [2.24, 2.45) is 0 Å². The second-order valence-electron chi connectivity index (χ2n) is 6.85. The number of halogens is 2. The molecule has 30 heavy (non-hydrogen) atoms. The van der Waals surface area contributed by atoms with Gasteiger partial charge in [0, 0.05) is 54.7 Å². The fourth-order valence-corrected chi connectivity index (χ4v) is 3.37. The zero-order chi connectivity index (χ0) is 21.5. The van der Waals surface area contributed by atoms with E-state index in [4.69, 9.17) is 0 Å². The molecule has 1 aliphatic rings. The number of piperazine rings is 1. The van der Waals surface area contributed by atoms with Gasteiger partial charge in [-0.25, -0.2) is 4.39 Å². The van der Waals surface area contributed by atoms with Gasteiger partial charge in [0.15, 0.2) is 0 Å².